The molecule has 78 heavy (non-hydrogen) atoms. The minimum absolute atomic E-state index is 0.0853. The third-order valence-corrected chi connectivity index (χ3v) is 15.6. The molecule has 0 radical (unpaired) electrons. The number of allylic oxidation sites excluding steroid dienone is 8. The molecule has 0 saturated heterocycles. The lowest BCUT2D eigenvalue weighted by Crippen LogP contribution is -2.30. The summed E-state index contributed by atoms with van der Waals surface area (Å²) in [6, 6.07) is 0. The van der Waals surface area contributed by atoms with E-state index in [4.69, 9.17) is 14.2 Å². The summed E-state index contributed by atoms with van der Waals surface area (Å²) < 4.78 is 16.9. The minimum Gasteiger partial charge on any atom is -0.462 e. The fourth-order valence-corrected chi connectivity index (χ4v) is 10.4. The third-order valence-electron chi connectivity index (χ3n) is 15.6. The van der Waals surface area contributed by atoms with Crippen LogP contribution < -0.4 is 0 Å². The molecule has 6 heteroatoms. The Hall–Kier alpha value is -2.63. The van der Waals surface area contributed by atoms with E-state index in [9.17, 15) is 14.4 Å². The van der Waals surface area contributed by atoms with Crippen molar-refractivity contribution in [2.75, 3.05) is 13.2 Å². The maximum atomic E-state index is 12.9. The van der Waals surface area contributed by atoms with E-state index >= 15 is 0 Å². The first-order valence-electron chi connectivity index (χ1n) is 34.6. The van der Waals surface area contributed by atoms with Gasteiger partial charge in [-0.1, -0.05) is 345 Å². The molecule has 0 heterocycles. The van der Waals surface area contributed by atoms with Crippen LogP contribution >= 0.6 is 0 Å². The summed E-state index contributed by atoms with van der Waals surface area (Å²) in [4.78, 5) is 38.2. The molecule has 0 aromatic rings. The van der Waals surface area contributed by atoms with Crippen molar-refractivity contribution in [1.29, 1.82) is 0 Å². The van der Waals surface area contributed by atoms with E-state index in [1.54, 1.807) is 0 Å². The zero-order valence-electron chi connectivity index (χ0n) is 52.5. The number of carbonyl (C=O) groups is 3. The van der Waals surface area contributed by atoms with Crippen LogP contribution in [0.15, 0.2) is 48.6 Å². The molecule has 0 N–H and O–H groups in total. The number of carbonyl (C=O) groups excluding carboxylic acids is 3. The van der Waals surface area contributed by atoms with Gasteiger partial charge in [0.15, 0.2) is 6.10 Å². The van der Waals surface area contributed by atoms with Crippen molar-refractivity contribution in [2.45, 2.75) is 380 Å². The zero-order valence-corrected chi connectivity index (χ0v) is 52.5. The molecular weight excluding hydrogens is 961 g/mol. The van der Waals surface area contributed by atoms with Crippen LogP contribution in [0.1, 0.15) is 374 Å². The van der Waals surface area contributed by atoms with Crippen LogP contribution in [0.4, 0.5) is 0 Å². The predicted molar refractivity (Wildman–Crippen MR) is 339 cm³/mol. The highest BCUT2D eigenvalue weighted by Crippen LogP contribution is 2.19. The van der Waals surface area contributed by atoms with Crippen molar-refractivity contribution < 1.29 is 28.6 Å². The molecule has 0 rings (SSSR count). The quantitative estimate of drug-likeness (QED) is 0.0261. The lowest BCUT2D eigenvalue weighted by atomic mass is 10.0. The summed E-state index contributed by atoms with van der Waals surface area (Å²) in [5.74, 6) is -0.906. The van der Waals surface area contributed by atoms with E-state index < -0.39 is 6.10 Å². The summed E-state index contributed by atoms with van der Waals surface area (Å²) >= 11 is 0. The maximum Gasteiger partial charge on any atom is 0.306 e. The molecule has 0 amide bonds. The van der Waals surface area contributed by atoms with Gasteiger partial charge in [0.1, 0.15) is 13.2 Å². The number of rotatable bonds is 64. The predicted octanol–water partition coefficient (Wildman–Crippen LogP) is 23.7. The van der Waals surface area contributed by atoms with Crippen molar-refractivity contribution in [2.24, 2.45) is 0 Å². The molecule has 0 saturated carbocycles. The average Bonchev–Trinajstić information content (AvgIpc) is 3.44. The molecule has 1 unspecified atom stereocenters. The lowest BCUT2D eigenvalue weighted by molar-refractivity contribution is -0.167. The highest BCUT2D eigenvalue weighted by molar-refractivity contribution is 5.71. The largest absolute Gasteiger partial charge is 0.462 e. The van der Waals surface area contributed by atoms with Gasteiger partial charge < -0.3 is 14.2 Å². The number of hydrogen-bond donors (Lipinski definition) is 0. The van der Waals surface area contributed by atoms with E-state index in [-0.39, 0.29) is 37.5 Å². The molecule has 6 nitrogen and oxygen atoms in total. The van der Waals surface area contributed by atoms with Crippen LogP contribution in [-0.2, 0) is 28.6 Å². The highest BCUT2D eigenvalue weighted by atomic mass is 16.6. The average molecular weight is 1090 g/mol. The van der Waals surface area contributed by atoms with E-state index in [0.717, 1.165) is 77.0 Å². The minimum atomic E-state index is -0.792. The van der Waals surface area contributed by atoms with Crippen LogP contribution in [0.2, 0.25) is 0 Å². The Bertz CT molecular complexity index is 1350. The smallest absolute Gasteiger partial charge is 0.306 e. The van der Waals surface area contributed by atoms with Crippen LogP contribution in [0.3, 0.4) is 0 Å². The Morgan fingerprint density at radius 3 is 0.782 bits per heavy atom. The molecule has 456 valence electrons. The standard InChI is InChI=1S/C72H132O6/c1-4-7-10-13-16-19-22-25-27-28-29-30-31-32-33-34-35-36-37-38-39-40-41-42-43-44-46-47-50-53-56-59-62-65-71(74)77-68-69(67-76-70(73)64-61-58-55-52-49-24-21-18-15-12-9-6-3)78-72(75)66-63-60-57-54-51-48-45-26-23-20-17-14-11-8-5-2/h8,11,17,20,26,45,51,54,69H,4-7,9-10,12-16,18-19,21-25,27-44,46-50,52-53,55-68H2,1-3H3/b11-8-,20-17-,45-26-,54-51-. The molecular formula is C72H132O6. The van der Waals surface area contributed by atoms with Crippen LogP contribution in [0.25, 0.3) is 0 Å². The monoisotopic (exact) mass is 1090 g/mol. The van der Waals surface area contributed by atoms with Crippen molar-refractivity contribution in [3.8, 4) is 0 Å². The zero-order chi connectivity index (χ0) is 56.4. The molecule has 0 fully saturated rings. The lowest BCUT2D eigenvalue weighted by Gasteiger charge is -2.18. The first-order valence-corrected chi connectivity index (χ1v) is 34.6. The van der Waals surface area contributed by atoms with Gasteiger partial charge >= 0.3 is 17.9 Å². The van der Waals surface area contributed by atoms with Crippen molar-refractivity contribution >= 4 is 17.9 Å². The number of hydrogen-bond acceptors (Lipinski definition) is 6. The van der Waals surface area contributed by atoms with Gasteiger partial charge in [-0.15, -0.1) is 0 Å². The summed E-state index contributed by atoms with van der Waals surface area (Å²) in [6.45, 7) is 6.54. The first-order chi connectivity index (χ1) is 38.5. The van der Waals surface area contributed by atoms with Gasteiger partial charge in [0, 0.05) is 19.3 Å². The Kier molecular flexibility index (Phi) is 64.6. The summed E-state index contributed by atoms with van der Waals surface area (Å²) in [5.41, 5.74) is 0. The van der Waals surface area contributed by atoms with Gasteiger partial charge in [0.2, 0.25) is 0 Å². The van der Waals surface area contributed by atoms with E-state index in [1.807, 2.05) is 0 Å². The fourth-order valence-electron chi connectivity index (χ4n) is 10.4. The molecule has 0 bridgehead atoms. The highest BCUT2D eigenvalue weighted by Gasteiger charge is 2.19. The van der Waals surface area contributed by atoms with Crippen molar-refractivity contribution in [1.82, 2.24) is 0 Å². The molecule has 0 aliphatic rings. The molecule has 0 spiro atoms. The van der Waals surface area contributed by atoms with E-state index in [0.29, 0.717) is 19.3 Å². The molecule has 0 aliphatic heterocycles. The number of unbranched alkanes of at least 4 members (excludes halogenated alkanes) is 45. The summed E-state index contributed by atoms with van der Waals surface area (Å²) in [5, 5.41) is 0. The Morgan fingerprint density at radius 1 is 0.269 bits per heavy atom. The summed E-state index contributed by atoms with van der Waals surface area (Å²) in [7, 11) is 0. The van der Waals surface area contributed by atoms with Gasteiger partial charge in [0.05, 0.1) is 0 Å². The topological polar surface area (TPSA) is 78.9 Å². The van der Waals surface area contributed by atoms with Crippen molar-refractivity contribution in [3.05, 3.63) is 48.6 Å². The van der Waals surface area contributed by atoms with Crippen molar-refractivity contribution in [3.63, 3.8) is 0 Å². The third kappa shape index (κ3) is 64.2. The number of esters is 3. The first kappa shape index (κ1) is 75.4. The SMILES string of the molecule is CC/C=C\C/C=C\C/C=C\C/C=C\CCCCC(=O)OC(COC(=O)CCCCCCCCCCCCCC)COC(=O)CCCCCCCCCCCCCCCCCCCCCCCCCCCCCCCCCCC. The second-order valence-electron chi connectivity index (χ2n) is 23.4. The summed E-state index contributed by atoms with van der Waals surface area (Å²) in [6.07, 6.45) is 84.6. The molecule has 0 aromatic carbocycles. The van der Waals surface area contributed by atoms with Gasteiger partial charge in [-0.2, -0.15) is 0 Å². The molecule has 0 aliphatic carbocycles. The van der Waals surface area contributed by atoms with Gasteiger partial charge in [-0.25, -0.2) is 0 Å². The Labute approximate surface area is 486 Å². The molecule has 0 aromatic heterocycles. The maximum absolute atomic E-state index is 12.9. The second-order valence-corrected chi connectivity index (χ2v) is 23.4. The Morgan fingerprint density at radius 2 is 0.500 bits per heavy atom. The molecule has 1 atom stereocenters. The Balaban J connectivity index is 4.08. The fraction of sp³-hybridized carbons (Fsp3) is 0.847. The van der Waals surface area contributed by atoms with E-state index in [2.05, 4.69) is 69.4 Å². The second kappa shape index (κ2) is 66.9. The van der Waals surface area contributed by atoms with Gasteiger partial charge in [-0.3, -0.25) is 14.4 Å². The van der Waals surface area contributed by atoms with Crippen LogP contribution in [0.5, 0.6) is 0 Å². The normalized spacial score (nSPS) is 12.3. The van der Waals surface area contributed by atoms with E-state index in [1.165, 1.54) is 250 Å². The number of ether oxygens (including phenoxy) is 3. The van der Waals surface area contributed by atoms with Gasteiger partial charge in [0.25, 0.3) is 0 Å². The van der Waals surface area contributed by atoms with Gasteiger partial charge in [-0.05, 0) is 57.8 Å². The van der Waals surface area contributed by atoms with Crippen LogP contribution in [0, 0.1) is 0 Å². The van der Waals surface area contributed by atoms with Crippen LogP contribution in [-0.4, -0.2) is 37.2 Å².